The van der Waals surface area contributed by atoms with Gasteiger partial charge in [-0.2, -0.15) is 0 Å². The van der Waals surface area contributed by atoms with E-state index in [-0.39, 0.29) is 0 Å². The summed E-state index contributed by atoms with van der Waals surface area (Å²) in [6.07, 6.45) is 4.36. The van der Waals surface area contributed by atoms with E-state index in [0.29, 0.717) is 5.92 Å². The summed E-state index contributed by atoms with van der Waals surface area (Å²) in [6.45, 7) is 9.09. The highest BCUT2D eigenvalue weighted by Gasteiger charge is 2.37. The van der Waals surface area contributed by atoms with E-state index in [0.717, 1.165) is 31.6 Å². The standard InChI is InChI=1S/C18H28N2/c1-3-19-11-14(2)17-7-4-15(5-8-17)12-20-13-16-6-9-18(20)10-16/h4-5,7-8,14,16,18-19H,3,6,9-13H2,1-2H3. The van der Waals surface area contributed by atoms with Crippen LogP contribution in [-0.4, -0.2) is 30.6 Å². The van der Waals surface area contributed by atoms with Crippen LogP contribution in [0.4, 0.5) is 0 Å². The van der Waals surface area contributed by atoms with E-state index in [1.54, 1.807) is 0 Å². The predicted molar refractivity (Wildman–Crippen MR) is 84.9 cm³/mol. The van der Waals surface area contributed by atoms with Crippen molar-refractivity contribution in [2.45, 2.75) is 51.6 Å². The predicted octanol–water partition coefficient (Wildman–Crippen LogP) is 3.38. The Bertz CT molecular complexity index is 426. The second-order valence-electron chi connectivity index (χ2n) is 6.71. The van der Waals surface area contributed by atoms with E-state index in [1.165, 1.54) is 36.9 Å². The van der Waals surface area contributed by atoms with Gasteiger partial charge in [0.2, 0.25) is 0 Å². The number of nitrogens with zero attached hydrogens (tertiary/aromatic N) is 1. The first-order valence-electron chi connectivity index (χ1n) is 8.30. The molecule has 2 aliphatic rings. The van der Waals surface area contributed by atoms with Crippen LogP contribution < -0.4 is 5.32 Å². The molecule has 3 unspecified atom stereocenters. The number of piperidine rings is 1. The molecule has 2 fully saturated rings. The summed E-state index contributed by atoms with van der Waals surface area (Å²) >= 11 is 0. The van der Waals surface area contributed by atoms with Crippen LogP contribution >= 0.6 is 0 Å². The largest absolute Gasteiger partial charge is 0.316 e. The van der Waals surface area contributed by atoms with Crippen LogP contribution in [0.2, 0.25) is 0 Å². The van der Waals surface area contributed by atoms with Crippen LogP contribution in [0.15, 0.2) is 24.3 Å². The topological polar surface area (TPSA) is 15.3 Å². The van der Waals surface area contributed by atoms with E-state index in [9.17, 15) is 0 Å². The lowest BCUT2D eigenvalue weighted by molar-refractivity contribution is 0.205. The molecule has 0 amide bonds. The van der Waals surface area contributed by atoms with Crippen LogP contribution in [0.25, 0.3) is 0 Å². The summed E-state index contributed by atoms with van der Waals surface area (Å²) in [4.78, 5) is 2.70. The molecular weight excluding hydrogens is 244 g/mol. The SMILES string of the molecule is CCNCC(C)c1ccc(CN2CC3CCC2C3)cc1. The summed E-state index contributed by atoms with van der Waals surface area (Å²) in [5, 5.41) is 3.43. The van der Waals surface area contributed by atoms with Gasteiger partial charge >= 0.3 is 0 Å². The zero-order valence-corrected chi connectivity index (χ0v) is 12.9. The zero-order valence-electron chi connectivity index (χ0n) is 12.9. The van der Waals surface area contributed by atoms with Crippen molar-refractivity contribution in [1.29, 1.82) is 0 Å². The van der Waals surface area contributed by atoms with Crippen molar-refractivity contribution in [3.8, 4) is 0 Å². The van der Waals surface area contributed by atoms with E-state index < -0.39 is 0 Å². The molecular formula is C18H28N2. The molecule has 0 radical (unpaired) electrons. The lowest BCUT2D eigenvalue weighted by Gasteiger charge is -2.26. The number of likely N-dealkylation sites (N-methyl/N-ethyl adjacent to an activating group) is 1. The van der Waals surface area contributed by atoms with Crippen LogP contribution in [0.3, 0.4) is 0 Å². The first-order valence-corrected chi connectivity index (χ1v) is 8.30. The van der Waals surface area contributed by atoms with Crippen molar-refractivity contribution >= 4 is 0 Å². The maximum atomic E-state index is 3.43. The van der Waals surface area contributed by atoms with Gasteiger partial charge in [0.25, 0.3) is 0 Å². The molecule has 3 atom stereocenters. The van der Waals surface area contributed by atoms with E-state index in [4.69, 9.17) is 0 Å². The summed E-state index contributed by atoms with van der Waals surface area (Å²) in [5.41, 5.74) is 2.94. The zero-order chi connectivity index (χ0) is 13.9. The van der Waals surface area contributed by atoms with E-state index in [1.807, 2.05) is 0 Å². The number of nitrogens with one attached hydrogen (secondary N) is 1. The third kappa shape index (κ3) is 3.07. The van der Waals surface area contributed by atoms with Crippen molar-refractivity contribution in [1.82, 2.24) is 10.2 Å². The highest BCUT2D eigenvalue weighted by molar-refractivity contribution is 5.25. The molecule has 0 spiro atoms. The van der Waals surface area contributed by atoms with Crippen molar-refractivity contribution in [3.05, 3.63) is 35.4 Å². The van der Waals surface area contributed by atoms with Crippen molar-refractivity contribution in [2.75, 3.05) is 19.6 Å². The smallest absolute Gasteiger partial charge is 0.0236 e. The fourth-order valence-electron chi connectivity index (χ4n) is 3.89. The monoisotopic (exact) mass is 272 g/mol. The number of benzene rings is 1. The van der Waals surface area contributed by atoms with Gasteiger partial charge in [-0.1, -0.05) is 38.1 Å². The Labute approximate surface area is 123 Å². The Morgan fingerprint density at radius 3 is 2.65 bits per heavy atom. The molecule has 2 bridgehead atoms. The second-order valence-corrected chi connectivity index (χ2v) is 6.71. The quantitative estimate of drug-likeness (QED) is 0.854. The van der Waals surface area contributed by atoms with Crippen molar-refractivity contribution in [2.24, 2.45) is 5.92 Å². The Hall–Kier alpha value is -0.860. The van der Waals surface area contributed by atoms with E-state index in [2.05, 4.69) is 48.3 Å². The third-order valence-electron chi connectivity index (χ3n) is 5.16. The lowest BCUT2D eigenvalue weighted by Crippen LogP contribution is -2.31. The van der Waals surface area contributed by atoms with Crippen LogP contribution in [0, 0.1) is 5.92 Å². The Balaban J connectivity index is 1.56. The summed E-state index contributed by atoms with van der Waals surface area (Å²) in [5.74, 6) is 1.60. The molecule has 3 rings (SSSR count). The lowest BCUT2D eigenvalue weighted by atomic mass is 9.99. The van der Waals surface area contributed by atoms with Gasteiger partial charge in [0.1, 0.15) is 0 Å². The second kappa shape index (κ2) is 6.28. The van der Waals surface area contributed by atoms with Gasteiger partial charge in [0, 0.05) is 25.7 Å². The van der Waals surface area contributed by atoms with Gasteiger partial charge in [0.15, 0.2) is 0 Å². The van der Waals surface area contributed by atoms with Crippen LogP contribution in [0.5, 0.6) is 0 Å². The maximum absolute atomic E-state index is 3.43. The molecule has 0 aromatic heterocycles. The average molecular weight is 272 g/mol. The molecule has 1 aliphatic heterocycles. The number of hydrogen-bond acceptors (Lipinski definition) is 2. The minimum absolute atomic E-state index is 0.604. The normalized spacial score (nSPS) is 27.1. The Morgan fingerprint density at radius 1 is 1.25 bits per heavy atom. The minimum Gasteiger partial charge on any atom is -0.316 e. The number of hydrogen-bond donors (Lipinski definition) is 1. The molecule has 1 saturated carbocycles. The maximum Gasteiger partial charge on any atom is 0.0236 e. The molecule has 2 nitrogen and oxygen atoms in total. The van der Waals surface area contributed by atoms with Crippen LogP contribution in [0.1, 0.15) is 50.2 Å². The highest BCUT2D eigenvalue weighted by atomic mass is 15.2. The first kappa shape index (κ1) is 14.1. The van der Waals surface area contributed by atoms with Gasteiger partial charge in [-0.05, 0) is 48.8 Å². The molecule has 1 N–H and O–H groups in total. The molecule has 20 heavy (non-hydrogen) atoms. The number of likely N-dealkylation sites (tertiary alicyclic amines) is 1. The molecule has 1 heterocycles. The fraction of sp³-hybridized carbons (Fsp3) is 0.667. The molecule has 1 saturated heterocycles. The summed E-state index contributed by atoms with van der Waals surface area (Å²) in [6, 6.07) is 10.2. The summed E-state index contributed by atoms with van der Waals surface area (Å²) < 4.78 is 0. The number of fused-ring (bicyclic) bond motifs is 2. The summed E-state index contributed by atoms with van der Waals surface area (Å²) in [7, 11) is 0. The molecule has 1 aromatic carbocycles. The molecule has 2 heteroatoms. The molecule has 110 valence electrons. The first-order chi connectivity index (χ1) is 9.76. The van der Waals surface area contributed by atoms with E-state index >= 15 is 0 Å². The third-order valence-corrected chi connectivity index (χ3v) is 5.16. The van der Waals surface area contributed by atoms with Gasteiger partial charge < -0.3 is 5.32 Å². The van der Waals surface area contributed by atoms with Crippen molar-refractivity contribution in [3.63, 3.8) is 0 Å². The van der Waals surface area contributed by atoms with Crippen molar-refractivity contribution < 1.29 is 0 Å². The molecule has 1 aliphatic carbocycles. The van der Waals surface area contributed by atoms with Gasteiger partial charge in [0.05, 0.1) is 0 Å². The highest BCUT2D eigenvalue weighted by Crippen LogP contribution is 2.38. The fourth-order valence-corrected chi connectivity index (χ4v) is 3.89. The Kier molecular flexibility index (Phi) is 4.42. The number of rotatable bonds is 6. The minimum atomic E-state index is 0.604. The van der Waals surface area contributed by atoms with Gasteiger partial charge in [-0.3, -0.25) is 4.90 Å². The average Bonchev–Trinajstić information content (AvgIpc) is 3.08. The Morgan fingerprint density at radius 2 is 2.05 bits per heavy atom. The molecule has 1 aromatic rings. The van der Waals surface area contributed by atoms with Gasteiger partial charge in [-0.25, -0.2) is 0 Å². The van der Waals surface area contributed by atoms with Gasteiger partial charge in [-0.15, -0.1) is 0 Å². The van der Waals surface area contributed by atoms with Crippen LogP contribution in [-0.2, 0) is 6.54 Å².